The molecule has 1 aliphatic heterocycles. The summed E-state index contributed by atoms with van der Waals surface area (Å²) in [5.41, 5.74) is 7.27. The Hall–Kier alpha value is -3.59. The molecule has 0 aliphatic carbocycles. The number of thioether (sulfide) groups is 1. The molecule has 0 saturated carbocycles. The van der Waals surface area contributed by atoms with Gasteiger partial charge in [0.2, 0.25) is 5.91 Å². The summed E-state index contributed by atoms with van der Waals surface area (Å²) in [6, 6.07) is 13.8. The minimum absolute atomic E-state index is 0.217. The van der Waals surface area contributed by atoms with Gasteiger partial charge in [0.05, 0.1) is 4.91 Å². The number of carbonyl (C=O) groups is 4. The molecule has 9 heteroatoms. The molecule has 0 aromatic heterocycles. The first-order chi connectivity index (χ1) is 14.3. The van der Waals surface area contributed by atoms with Crippen molar-refractivity contribution in [3.8, 4) is 5.75 Å². The highest BCUT2D eigenvalue weighted by Crippen LogP contribution is 2.32. The van der Waals surface area contributed by atoms with Crippen molar-refractivity contribution >= 4 is 46.5 Å². The van der Waals surface area contributed by atoms with Crippen molar-refractivity contribution in [3.63, 3.8) is 0 Å². The van der Waals surface area contributed by atoms with Gasteiger partial charge < -0.3 is 15.8 Å². The second-order valence-corrected chi connectivity index (χ2v) is 7.50. The smallest absolute Gasteiger partial charge is 0.294 e. The number of aryl methyl sites for hydroxylation is 1. The number of hydrogen-bond acceptors (Lipinski definition) is 6. The lowest BCUT2D eigenvalue weighted by Crippen LogP contribution is -2.36. The van der Waals surface area contributed by atoms with Crippen molar-refractivity contribution < 1.29 is 23.9 Å². The number of ether oxygens (including phenoxy) is 1. The molecular formula is C21H19N3O5S. The van der Waals surface area contributed by atoms with Crippen molar-refractivity contribution in [1.82, 2.24) is 4.90 Å². The van der Waals surface area contributed by atoms with Gasteiger partial charge in [-0.3, -0.25) is 24.1 Å². The third kappa shape index (κ3) is 5.48. The number of anilines is 1. The number of benzene rings is 2. The molecule has 1 fully saturated rings. The van der Waals surface area contributed by atoms with Gasteiger partial charge >= 0.3 is 0 Å². The van der Waals surface area contributed by atoms with Crippen LogP contribution in [-0.2, 0) is 14.4 Å². The van der Waals surface area contributed by atoms with Crippen LogP contribution < -0.4 is 15.8 Å². The Morgan fingerprint density at radius 2 is 1.90 bits per heavy atom. The standard InChI is InChI=1S/C21H19N3O5S/c1-13-3-2-4-15(9-13)23-19(26)11-24-20(27)17(30-21(24)28)10-14-5-7-16(8-6-14)29-12-18(22)25/h2-10H,11-12H2,1H3,(H2,22,25)(H,23,26). The summed E-state index contributed by atoms with van der Waals surface area (Å²) in [4.78, 5) is 48.9. The summed E-state index contributed by atoms with van der Waals surface area (Å²) in [7, 11) is 0. The van der Waals surface area contributed by atoms with Gasteiger partial charge in [-0.2, -0.15) is 0 Å². The zero-order chi connectivity index (χ0) is 21.7. The Labute approximate surface area is 177 Å². The Morgan fingerprint density at radius 1 is 1.17 bits per heavy atom. The van der Waals surface area contributed by atoms with Gasteiger partial charge in [0.1, 0.15) is 12.3 Å². The molecule has 3 rings (SSSR count). The molecule has 30 heavy (non-hydrogen) atoms. The number of nitrogens with two attached hydrogens (primary N) is 1. The number of rotatable bonds is 7. The lowest BCUT2D eigenvalue weighted by molar-refractivity contribution is -0.127. The first-order valence-corrected chi connectivity index (χ1v) is 9.76. The maximum Gasteiger partial charge on any atom is 0.294 e. The highest BCUT2D eigenvalue weighted by molar-refractivity contribution is 8.18. The number of carbonyl (C=O) groups excluding carboxylic acids is 4. The van der Waals surface area contributed by atoms with Crippen LogP contribution in [0.15, 0.2) is 53.4 Å². The molecule has 8 nitrogen and oxygen atoms in total. The summed E-state index contributed by atoms with van der Waals surface area (Å²) >= 11 is 0.772. The zero-order valence-electron chi connectivity index (χ0n) is 16.1. The first-order valence-electron chi connectivity index (χ1n) is 8.95. The van der Waals surface area contributed by atoms with Crippen molar-refractivity contribution in [1.29, 1.82) is 0 Å². The monoisotopic (exact) mass is 425 g/mol. The largest absolute Gasteiger partial charge is 0.484 e. The number of amides is 4. The van der Waals surface area contributed by atoms with Crippen LogP contribution in [0.1, 0.15) is 11.1 Å². The molecule has 0 unspecified atom stereocenters. The Balaban J connectivity index is 1.63. The predicted molar refractivity (Wildman–Crippen MR) is 114 cm³/mol. The van der Waals surface area contributed by atoms with E-state index in [4.69, 9.17) is 10.5 Å². The number of imide groups is 1. The van der Waals surface area contributed by atoms with Gasteiger partial charge in [-0.25, -0.2) is 0 Å². The molecule has 2 aromatic carbocycles. The van der Waals surface area contributed by atoms with Crippen LogP contribution in [0, 0.1) is 6.92 Å². The summed E-state index contributed by atoms with van der Waals surface area (Å²) in [5.74, 6) is -1.12. The molecule has 4 amide bonds. The van der Waals surface area contributed by atoms with Gasteiger partial charge in [0, 0.05) is 5.69 Å². The third-order valence-corrected chi connectivity index (χ3v) is 4.94. The third-order valence-electron chi connectivity index (χ3n) is 4.04. The molecular weight excluding hydrogens is 406 g/mol. The van der Waals surface area contributed by atoms with E-state index in [-0.39, 0.29) is 18.1 Å². The Morgan fingerprint density at radius 3 is 2.57 bits per heavy atom. The van der Waals surface area contributed by atoms with Crippen molar-refractivity contribution in [3.05, 3.63) is 64.6 Å². The van der Waals surface area contributed by atoms with E-state index < -0.39 is 23.0 Å². The summed E-state index contributed by atoms with van der Waals surface area (Å²) in [5, 5.41) is 2.17. The van der Waals surface area contributed by atoms with Crippen LogP contribution in [0.5, 0.6) is 5.75 Å². The van der Waals surface area contributed by atoms with E-state index in [0.717, 1.165) is 22.2 Å². The normalized spacial score (nSPS) is 14.8. The minimum atomic E-state index is -0.584. The number of nitrogens with zero attached hydrogens (tertiary/aromatic N) is 1. The maximum absolute atomic E-state index is 12.6. The number of nitrogens with one attached hydrogen (secondary N) is 1. The molecule has 154 valence electrons. The zero-order valence-corrected chi connectivity index (χ0v) is 16.9. The molecule has 1 heterocycles. The molecule has 1 saturated heterocycles. The van der Waals surface area contributed by atoms with E-state index in [1.165, 1.54) is 0 Å². The Kier molecular flexibility index (Phi) is 6.53. The lowest BCUT2D eigenvalue weighted by atomic mass is 10.2. The highest BCUT2D eigenvalue weighted by atomic mass is 32.2. The first kappa shape index (κ1) is 21.1. The molecule has 0 radical (unpaired) electrons. The lowest BCUT2D eigenvalue weighted by Gasteiger charge is -2.12. The molecule has 1 aliphatic rings. The second-order valence-electron chi connectivity index (χ2n) is 6.51. The van der Waals surface area contributed by atoms with Crippen molar-refractivity contribution in [2.75, 3.05) is 18.5 Å². The minimum Gasteiger partial charge on any atom is -0.484 e. The average Bonchev–Trinajstić information content (AvgIpc) is 2.95. The van der Waals surface area contributed by atoms with Gasteiger partial charge in [-0.15, -0.1) is 0 Å². The van der Waals surface area contributed by atoms with Crippen LogP contribution in [0.25, 0.3) is 6.08 Å². The van der Waals surface area contributed by atoms with E-state index in [9.17, 15) is 19.2 Å². The maximum atomic E-state index is 12.6. The quantitative estimate of drug-likeness (QED) is 0.658. The topological polar surface area (TPSA) is 119 Å². The van der Waals surface area contributed by atoms with Gasteiger partial charge in [-0.05, 0) is 60.2 Å². The number of hydrogen-bond donors (Lipinski definition) is 2. The highest BCUT2D eigenvalue weighted by Gasteiger charge is 2.36. The van der Waals surface area contributed by atoms with E-state index in [0.29, 0.717) is 17.0 Å². The van der Waals surface area contributed by atoms with Crippen LogP contribution in [0.4, 0.5) is 10.5 Å². The predicted octanol–water partition coefficient (Wildman–Crippen LogP) is 2.53. The fourth-order valence-electron chi connectivity index (χ4n) is 2.67. The fraction of sp³-hybridized carbons (Fsp3) is 0.143. The van der Waals surface area contributed by atoms with E-state index in [2.05, 4.69) is 5.32 Å². The van der Waals surface area contributed by atoms with E-state index in [1.807, 2.05) is 13.0 Å². The summed E-state index contributed by atoms with van der Waals surface area (Å²) < 4.78 is 5.17. The number of primary amides is 1. The van der Waals surface area contributed by atoms with Crippen LogP contribution in [0.3, 0.4) is 0 Å². The van der Waals surface area contributed by atoms with Crippen molar-refractivity contribution in [2.45, 2.75) is 6.92 Å². The van der Waals surface area contributed by atoms with E-state index in [1.54, 1.807) is 48.5 Å². The van der Waals surface area contributed by atoms with E-state index >= 15 is 0 Å². The van der Waals surface area contributed by atoms with Crippen LogP contribution in [-0.4, -0.2) is 41.0 Å². The van der Waals surface area contributed by atoms with Gasteiger partial charge in [0.15, 0.2) is 6.61 Å². The molecule has 2 aromatic rings. The Bertz CT molecular complexity index is 1030. The van der Waals surface area contributed by atoms with Crippen LogP contribution >= 0.6 is 11.8 Å². The van der Waals surface area contributed by atoms with Crippen LogP contribution in [0.2, 0.25) is 0 Å². The second kappa shape index (κ2) is 9.27. The molecule has 0 bridgehead atoms. The summed E-state index contributed by atoms with van der Waals surface area (Å²) in [6.07, 6.45) is 1.56. The average molecular weight is 425 g/mol. The molecule has 3 N–H and O–H groups in total. The van der Waals surface area contributed by atoms with Gasteiger partial charge in [-0.1, -0.05) is 24.3 Å². The molecule has 0 atom stereocenters. The van der Waals surface area contributed by atoms with Crippen molar-refractivity contribution in [2.24, 2.45) is 5.73 Å². The summed E-state index contributed by atoms with van der Waals surface area (Å²) in [6.45, 7) is 1.30. The SMILES string of the molecule is Cc1cccc(NC(=O)CN2C(=O)SC(=Cc3ccc(OCC(N)=O)cc3)C2=O)c1. The molecule has 0 spiro atoms. The van der Waals surface area contributed by atoms with Gasteiger partial charge in [0.25, 0.3) is 17.1 Å². The fourth-order valence-corrected chi connectivity index (χ4v) is 3.51.